The van der Waals surface area contributed by atoms with E-state index in [1.807, 2.05) is 0 Å². The van der Waals surface area contributed by atoms with Gasteiger partial charge in [-0.3, -0.25) is 4.79 Å². The lowest BCUT2D eigenvalue weighted by molar-refractivity contribution is -0.128. The predicted octanol–water partition coefficient (Wildman–Crippen LogP) is -1.32. The quantitative estimate of drug-likeness (QED) is 0.514. The molecule has 0 aromatic carbocycles. The SMILES string of the molecule is C[S+]([O-])CCC(=O)C(O)CO. The Morgan fingerprint density at radius 3 is 2.64 bits per heavy atom. The van der Waals surface area contributed by atoms with Gasteiger partial charge in [-0.1, -0.05) is 11.2 Å². The largest absolute Gasteiger partial charge is 0.617 e. The average Bonchev–Trinajstić information content (AvgIpc) is 1.98. The Balaban J connectivity index is 3.52. The summed E-state index contributed by atoms with van der Waals surface area (Å²) in [5, 5.41) is 17.1. The van der Waals surface area contributed by atoms with Crippen LogP contribution in [0.15, 0.2) is 0 Å². The van der Waals surface area contributed by atoms with Crippen LogP contribution in [0.5, 0.6) is 0 Å². The van der Waals surface area contributed by atoms with Gasteiger partial charge in [-0.25, -0.2) is 0 Å². The van der Waals surface area contributed by atoms with E-state index in [1.165, 1.54) is 6.26 Å². The fourth-order valence-electron chi connectivity index (χ4n) is 0.513. The summed E-state index contributed by atoms with van der Waals surface area (Å²) in [7, 11) is 0. The number of hydrogen-bond acceptors (Lipinski definition) is 4. The van der Waals surface area contributed by atoms with E-state index in [9.17, 15) is 9.35 Å². The maximum atomic E-state index is 10.7. The Labute approximate surface area is 68.4 Å². The summed E-state index contributed by atoms with van der Waals surface area (Å²) < 4.78 is 10.5. The van der Waals surface area contributed by atoms with Crippen LogP contribution < -0.4 is 0 Å². The zero-order valence-electron chi connectivity index (χ0n) is 6.32. The Morgan fingerprint density at radius 2 is 2.27 bits per heavy atom. The van der Waals surface area contributed by atoms with Gasteiger partial charge in [-0.15, -0.1) is 0 Å². The van der Waals surface area contributed by atoms with Crippen molar-refractivity contribution in [2.45, 2.75) is 12.5 Å². The summed E-state index contributed by atoms with van der Waals surface area (Å²) in [6, 6.07) is 0. The molecule has 2 atom stereocenters. The van der Waals surface area contributed by atoms with Gasteiger partial charge in [0.1, 0.15) is 11.9 Å². The predicted molar refractivity (Wildman–Crippen MR) is 41.7 cm³/mol. The zero-order chi connectivity index (χ0) is 8.85. The third-order valence-electron chi connectivity index (χ3n) is 1.18. The third kappa shape index (κ3) is 5.20. The lowest BCUT2D eigenvalue weighted by Gasteiger charge is -2.06. The Kier molecular flexibility index (Phi) is 5.49. The second-order valence-corrected chi connectivity index (χ2v) is 3.75. The molecule has 4 nitrogen and oxygen atoms in total. The van der Waals surface area contributed by atoms with E-state index in [1.54, 1.807) is 0 Å². The minimum Gasteiger partial charge on any atom is -0.617 e. The molecule has 0 saturated heterocycles. The molecule has 0 aliphatic heterocycles. The molecule has 0 saturated carbocycles. The van der Waals surface area contributed by atoms with Gasteiger partial charge in [0.15, 0.2) is 5.78 Å². The van der Waals surface area contributed by atoms with Gasteiger partial charge in [-0.05, 0) is 0 Å². The minimum atomic E-state index is -1.31. The minimum absolute atomic E-state index is 0.0604. The Morgan fingerprint density at radius 1 is 1.73 bits per heavy atom. The van der Waals surface area contributed by atoms with Gasteiger partial charge in [0, 0.05) is 0 Å². The molecule has 0 bridgehead atoms. The Hall–Kier alpha value is -0.100. The lowest BCUT2D eigenvalue weighted by Crippen LogP contribution is -2.26. The Bertz CT molecular complexity index is 126. The highest BCUT2D eigenvalue weighted by Crippen LogP contribution is 1.94. The van der Waals surface area contributed by atoms with Crippen LogP contribution in [0.2, 0.25) is 0 Å². The van der Waals surface area contributed by atoms with Crippen LogP contribution in [-0.4, -0.2) is 45.3 Å². The van der Waals surface area contributed by atoms with Gasteiger partial charge in [0.25, 0.3) is 0 Å². The van der Waals surface area contributed by atoms with Gasteiger partial charge in [0.2, 0.25) is 0 Å². The van der Waals surface area contributed by atoms with Crippen LogP contribution in [0, 0.1) is 0 Å². The molecule has 2 unspecified atom stereocenters. The number of aliphatic hydroxyl groups is 2. The van der Waals surface area contributed by atoms with Gasteiger partial charge in [0.05, 0.1) is 19.3 Å². The molecule has 0 spiro atoms. The van der Waals surface area contributed by atoms with Crippen LogP contribution >= 0.6 is 0 Å². The first kappa shape index (κ1) is 10.9. The van der Waals surface area contributed by atoms with Crippen LogP contribution in [0.3, 0.4) is 0 Å². The van der Waals surface area contributed by atoms with E-state index in [4.69, 9.17) is 10.2 Å². The van der Waals surface area contributed by atoms with E-state index in [0.29, 0.717) is 0 Å². The van der Waals surface area contributed by atoms with Crippen LogP contribution in [0.1, 0.15) is 6.42 Å². The number of aliphatic hydroxyl groups excluding tert-OH is 2. The van der Waals surface area contributed by atoms with Gasteiger partial charge >= 0.3 is 0 Å². The fourth-order valence-corrected chi connectivity index (χ4v) is 1.00. The zero-order valence-corrected chi connectivity index (χ0v) is 7.13. The number of ketones is 1. The first-order valence-corrected chi connectivity index (χ1v) is 4.92. The van der Waals surface area contributed by atoms with Crippen molar-refractivity contribution < 1.29 is 19.6 Å². The van der Waals surface area contributed by atoms with E-state index in [-0.39, 0.29) is 12.2 Å². The van der Waals surface area contributed by atoms with Crippen molar-refractivity contribution in [3.8, 4) is 0 Å². The summed E-state index contributed by atoms with van der Waals surface area (Å²) in [5.74, 6) is -0.210. The van der Waals surface area contributed by atoms with Gasteiger partial charge < -0.3 is 14.8 Å². The van der Waals surface area contributed by atoms with Crippen LogP contribution in [-0.2, 0) is 16.0 Å². The number of carbonyl (C=O) groups excluding carboxylic acids is 1. The highest BCUT2D eigenvalue weighted by Gasteiger charge is 2.14. The molecule has 0 aliphatic rings. The molecule has 0 fully saturated rings. The molecule has 5 heteroatoms. The van der Waals surface area contributed by atoms with E-state index < -0.39 is 29.7 Å². The van der Waals surface area contributed by atoms with Crippen molar-refractivity contribution in [3.05, 3.63) is 0 Å². The number of carbonyl (C=O) groups is 1. The number of Topliss-reactive ketones (excluding diaryl/α,β-unsaturated/α-hetero) is 1. The first-order chi connectivity index (χ1) is 5.07. The fraction of sp³-hybridized carbons (Fsp3) is 0.833. The van der Waals surface area contributed by atoms with Crippen molar-refractivity contribution in [3.63, 3.8) is 0 Å². The van der Waals surface area contributed by atoms with Crippen LogP contribution in [0.25, 0.3) is 0 Å². The molecule has 0 amide bonds. The summed E-state index contributed by atoms with van der Waals surface area (Å²) in [6.45, 7) is -0.560. The number of hydrogen-bond donors (Lipinski definition) is 2. The highest BCUT2D eigenvalue weighted by molar-refractivity contribution is 7.90. The normalized spacial score (nSPS) is 16.0. The molecular weight excluding hydrogens is 168 g/mol. The highest BCUT2D eigenvalue weighted by atomic mass is 32.2. The van der Waals surface area contributed by atoms with Crippen molar-refractivity contribution in [2.24, 2.45) is 0 Å². The molecule has 0 rings (SSSR count). The lowest BCUT2D eigenvalue weighted by atomic mass is 10.2. The van der Waals surface area contributed by atoms with E-state index in [2.05, 4.69) is 0 Å². The summed E-state index contributed by atoms with van der Waals surface area (Å²) >= 11 is -1.02. The standard InChI is InChI=1S/C6H12O4S/c1-11(10)3-2-5(8)6(9)4-7/h6-7,9H,2-4H2,1H3. The van der Waals surface area contributed by atoms with E-state index >= 15 is 0 Å². The topological polar surface area (TPSA) is 80.6 Å². The molecule has 0 aromatic heterocycles. The van der Waals surface area contributed by atoms with Crippen LogP contribution in [0.4, 0.5) is 0 Å². The maximum absolute atomic E-state index is 10.7. The molecule has 0 aliphatic carbocycles. The monoisotopic (exact) mass is 180 g/mol. The second-order valence-electron chi connectivity index (χ2n) is 2.19. The molecular formula is C6H12O4S. The average molecular weight is 180 g/mol. The summed E-state index contributed by atoms with van der Waals surface area (Å²) in [4.78, 5) is 10.7. The molecule has 11 heavy (non-hydrogen) atoms. The maximum Gasteiger partial charge on any atom is 0.168 e. The van der Waals surface area contributed by atoms with Crippen molar-refractivity contribution in [2.75, 3.05) is 18.6 Å². The molecule has 0 aromatic rings. The molecule has 0 radical (unpaired) electrons. The molecule has 66 valence electrons. The van der Waals surface area contributed by atoms with E-state index in [0.717, 1.165) is 0 Å². The summed E-state index contributed by atoms with van der Waals surface area (Å²) in [6.07, 6.45) is 0.238. The second kappa shape index (κ2) is 5.54. The smallest absolute Gasteiger partial charge is 0.168 e. The molecule has 0 heterocycles. The first-order valence-electron chi connectivity index (χ1n) is 3.19. The van der Waals surface area contributed by atoms with Gasteiger partial charge in [-0.2, -0.15) is 0 Å². The molecule has 2 N–H and O–H groups in total. The van der Waals surface area contributed by atoms with Crippen molar-refractivity contribution >= 4 is 17.0 Å². The van der Waals surface area contributed by atoms with Crippen molar-refractivity contribution in [1.82, 2.24) is 0 Å². The number of rotatable bonds is 5. The van der Waals surface area contributed by atoms with Crippen molar-refractivity contribution in [1.29, 1.82) is 0 Å². The third-order valence-corrected chi connectivity index (χ3v) is 1.96. The summed E-state index contributed by atoms with van der Waals surface area (Å²) in [5.41, 5.74) is 0.